The summed E-state index contributed by atoms with van der Waals surface area (Å²) in [5.41, 5.74) is 0.195. The highest BCUT2D eigenvalue weighted by molar-refractivity contribution is 7.90. The SMILES string of the molecule is CCS(=O)(=O)NC(=O)Nc1ccc(F)c(Cl)c1. The van der Waals surface area contributed by atoms with Crippen LogP contribution in [0.2, 0.25) is 5.02 Å². The van der Waals surface area contributed by atoms with Crippen LogP contribution in [0.5, 0.6) is 0 Å². The Morgan fingerprint density at radius 2 is 2.12 bits per heavy atom. The van der Waals surface area contributed by atoms with Gasteiger partial charge in [-0.2, -0.15) is 0 Å². The number of hydrogen-bond donors (Lipinski definition) is 2. The largest absolute Gasteiger partial charge is 0.332 e. The fraction of sp³-hybridized carbons (Fsp3) is 0.222. The molecule has 0 unspecified atom stereocenters. The molecule has 8 heteroatoms. The molecule has 94 valence electrons. The smallest absolute Gasteiger partial charge is 0.307 e. The number of halogens is 2. The number of carbonyl (C=O) groups excluding carboxylic acids is 1. The van der Waals surface area contributed by atoms with Gasteiger partial charge in [0.2, 0.25) is 10.0 Å². The van der Waals surface area contributed by atoms with Crippen LogP contribution in [-0.2, 0) is 10.0 Å². The summed E-state index contributed by atoms with van der Waals surface area (Å²) in [5.74, 6) is -0.844. The molecule has 0 saturated carbocycles. The van der Waals surface area contributed by atoms with Crippen LogP contribution in [0.1, 0.15) is 6.92 Å². The number of amides is 2. The molecule has 0 aromatic heterocycles. The summed E-state index contributed by atoms with van der Waals surface area (Å²) in [6.45, 7) is 1.39. The Morgan fingerprint density at radius 1 is 1.47 bits per heavy atom. The summed E-state index contributed by atoms with van der Waals surface area (Å²) in [5, 5.41) is 2.05. The van der Waals surface area contributed by atoms with Gasteiger partial charge in [-0.15, -0.1) is 0 Å². The van der Waals surface area contributed by atoms with Crippen LogP contribution in [0.25, 0.3) is 0 Å². The lowest BCUT2D eigenvalue weighted by atomic mass is 10.3. The van der Waals surface area contributed by atoms with E-state index >= 15 is 0 Å². The van der Waals surface area contributed by atoms with Crippen molar-refractivity contribution in [2.75, 3.05) is 11.1 Å². The number of rotatable bonds is 3. The molecule has 0 aliphatic heterocycles. The molecule has 0 saturated heterocycles. The molecule has 0 bridgehead atoms. The zero-order valence-corrected chi connectivity index (χ0v) is 10.4. The molecule has 0 spiro atoms. The Morgan fingerprint density at radius 3 is 2.65 bits per heavy atom. The van der Waals surface area contributed by atoms with Gasteiger partial charge in [0.25, 0.3) is 0 Å². The van der Waals surface area contributed by atoms with Crippen LogP contribution in [0.3, 0.4) is 0 Å². The number of nitrogens with one attached hydrogen (secondary N) is 2. The molecule has 2 N–H and O–H groups in total. The quantitative estimate of drug-likeness (QED) is 0.888. The van der Waals surface area contributed by atoms with Gasteiger partial charge in [0.15, 0.2) is 0 Å². The Labute approximate surface area is 103 Å². The molecule has 2 amide bonds. The lowest BCUT2D eigenvalue weighted by Gasteiger charge is -2.07. The number of carbonyl (C=O) groups is 1. The van der Waals surface area contributed by atoms with E-state index in [9.17, 15) is 17.6 Å². The van der Waals surface area contributed by atoms with Gasteiger partial charge in [0.05, 0.1) is 10.8 Å². The number of urea groups is 1. The van der Waals surface area contributed by atoms with Crippen LogP contribution in [-0.4, -0.2) is 20.2 Å². The van der Waals surface area contributed by atoms with Crippen molar-refractivity contribution >= 4 is 33.3 Å². The van der Waals surface area contributed by atoms with Crippen LogP contribution in [0, 0.1) is 5.82 Å². The van der Waals surface area contributed by atoms with Gasteiger partial charge in [-0.3, -0.25) is 0 Å². The van der Waals surface area contributed by atoms with E-state index in [-0.39, 0.29) is 16.5 Å². The third kappa shape index (κ3) is 4.20. The third-order valence-electron chi connectivity index (χ3n) is 1.81. The Hall–Kier alpha value is -1.34. The third-order valence-corrected chi connectivity index (χ3v) is 3.35. The van der Waals surface area contributed by atoms with E-state index in [1.807, 2.05) is 0 Å². The minimum absolute atomic E-state index is 0.166. The summed E-state index contributed by atoms with van der Waals surface area (Å²) < 4.78 is 36.7. The van der Waals surface area contributed by atoms with Crippen molar-refractivity contribution in [3.05, 3.63) is 29.0 Å². The highest BCUT2D eigenvalue weighted by Gasteiger charge is 2.12. The number of hydrogen-bond acceptors (Lipinski definition) is 3. The van der Waals surface area contributed by atoms with Crippen molar-refractivity contribution in [1.29, 1.82) is 0 Å². The summed E-state index contributed by atoms with van der Waals surface area (Å²) in [6.07, 6.45) is 0. The van der Waals surface area contributed by atoms with Crippen LogP contribution in [0.4, 0.5) is 14.9 Å². The first-order chi connectivity index (χ1) is 7.84. The minimum atomic E-state index is -3.63. The summed E-state index contributed by atoms with van der Waals surface area (Å²) in [4.78, 5) is 11.2. The maximum Gasteiger partial charge on any atom is 0.332 e. The van der Waals surface area contributed by atoms with Gasteiger partial charge in [-0.25, -0.2) is 22.3 Å². The number of anilines is 1. The van der Waals surface area contributed by atoms with Crippen LogP contribution >= 0.6 is 11.6 Å². The average Bonchev–Trinajstić information content (AvgIpc) is 2.23. The van der Waals surface area contributed by atoms with E-state index in [1.54, 1.807) is 4.72 Å². The van der Waals surface area contributed by atoms with E-state index in [4.69, 9.17) is 11.6 Å². The van der Waals surface area contributed by atoms with Gasteiger partial charge in [-0.1, -0.05) is 11.6 Å². The van der Waals surface area contributed by atoms with E-state index in [1.165, 1.54) is 19.1 Å². The highest BCUT2D eigenvalue weighted by atomic mass is 35.5. The van der Waals surface area contributed by atoms with Crippen molar-refractivity contribution in [1.82, 2.24) is 4.72 Å². The molecule has 0 heterocycles. The standard InChI is InChI=1S/C9H10ClFN2O3S/c1-2-17(15,16)13-9(14)12-6-3-4-8(11)7(10)5-6/h3-5H,2H2,1H3,(H2,12,13,14). The normalized spacial score (nSPS) is 11.0. The van der Waals surface area contributed by atoms with Crippen LogP contribution in [0.15, 0.2) is 18.2 Å². The predicted molar refractivity (Wildman–Crippen MR) is 63.0 cm³/mol. The van der Waals surface area contributed by atoms with E-state index in [0.717, 1.165) is 6.07 Å². The van der Waals surface area contributed by atoms with E-state index in [0.29, 0.717) is 0 Å². The second-order valence-electron chi connectivity index (χ2n) is 3.09. The van der Waals surface area contributed by atoms with Gasteiger partial charge in [-0.05, 0) is 25.1 Å². The molecule has 1 aromatic rings. The van der Waals surface area contributed by atoms with E-state index in [2.05, 4.69) is 5.32 Å². The van der Waals surface area contributed by atoms with Gasteiger partial charge >= 0.3 is 6.03 Å². The molecule has 5 nitrogen and oxygen atoms in total. The van der Waals surface area contributed by atoms with Crippen molar-refractivity contribution in [2.45, 2.75) is 6.92 Å². The molecular formula is C9H10ClFN2O3S. The van der Waals surface area contributed by atoms with Gasteiger partial charge in [0.1, 0.15) is 5.82 Å². The Balaban J connectivity index is 2.72. The highest BCUT2D eigenvalue weighted by Crippen LogP contribution is 2.19. The van der Waals surface area contributed by atoms with Crippen molar-refractivity contribution in [2.24, 2.45) is 0 Å². The number of sulfonamides is 1. The average molecular weight is 281 g/mol. The first-order valence-electron chi connectivity index (χ1n) is 4.60. The van der Waals surface area contributed by atoms with Crippen LogP contribution < -0.4 is 10.0 Å². The maximum atomic E-state index is 12.8. The van der Waals surface area contributed by atoms with Gasteiger partial charge in [0, 0.05) is 5.69 Å². The fourth-order valence-corrected chi connectivity index (χ4v) is 1.60. The lowest BCUT2D eigenvalue weighted by Crippen LogP contribution is -2.35. The Kier molecular flexibility index (Phi) is 4.30. The van der Waals surface area contributed by atoms with Crippen molar-refractivity contribution < 1.29 is 17.6 Å². The molecule has 0 aliphatic carbocycles. The lowest BCUT2D eigenvalue weighted by molar-refractivity contribution is 0.256. The molecule has 1 aromatic carbocycles. The monoisotopic (exact) mass is 280 g/mol. The molecule has 0 fully saturated rings. The first kappa shape index (κ1) is 13.7. The van der Waals surface area contributed by atoms with Crippen molar-refractivity contribution in [3.8, 4) is 0 Å². The molecule has 0 atom stereocenters. The summed E-state index contributed by atoms with van der Waals surface area (Å²) in [7, 11) is -3.63. The summed E-state index contributed by atoms with van der Waals surface area (Å²) >= 11 is 5.49. The second-order valence-corrected chi connectivity index (χ2v) is 5.51. The maximum absolute atomic E-state index is 12.8. The Bertz CT molecular complexity index is 533. The minimum Gasteiger partial charge on any atom is -0.307 e. The second kappa shape index (κ2) is 5.33. The fourth-order valence-electron chi connectivity index (χ4n) is 0.944. The van der Waals surface area contributed by atoms with Crippen molar-refractivity contribution in [3.63, 3.8) is 0 Å². The molecule has 17 heavy (non-hydrogen) atoms. The van der Waals surface area contributed by atoms with E-state index < -0.39 is 21.9 Å². The molecule has 0 radical (unpaired) electrons. The van der Waals surface area contributed by atoms with Gasteiger partial charge < -0.3 is 5.32 Å². The molecule has 1 rings (SSSR count). The predicted octanol–water partition coefficient (Wildman–Crippen LogP) is 1.95. The zero-order valence-electron chi connectivity index (χ0n) is 8.83. The summed E-state index contributed by atoms with van der Waals surface area (Å²) in [6, 6.07) is 2.58. The molecule has 0 aliphatic rings. The topological polar surface area (TPSA) is 75.3 Å². The zero-order chi connectivity index (χ0) is 13.1. The first-order valence-corrected chi connectivity index (χ1v) is 6.63. The number of benzene rings is 1. The molecular weight excluding hydrogens is 271 g/mol.